The Balaban J connectivity index is 1.23. The van der Waals surface area contributed by atoms with Crippen LogP contribution in [0.5, 0.6) is 17.2 Å². The number of rotatable bonds is 11. The third kappa shape index (κ3) is 10.9. The molecule has 0 spiro atoms. The van der Waals surface area contributed by atoms with Gasteiger partial charge >= 0.3 is 18.3 Å². The van der Waals surface area contributed by atoms with Gasteiger partial charge in [-0.3, -0.25) is 0 Å². The summed E-state index contributed by atoms with van der Waals surface area (Å²) in [6, 6.07) is 40.2. The van der Waals surface area contributed by atoms with Crippen molar-refractivity contribution in [3.05, 3.63) is 161 Å². The molecule has 0 saturated heterocycles. The van der Waals surface area contributed by atoms with Crippen molar-refractivity contribution in [3.63, 3.8) is 0 Å². The van der Waals surface area contributed by atoms with E-state index in [0.717, 1.165) is 22.3 Å². The predicted molar refractivity (Wildman–Crippen MR) is 180 cm³/mol. The molecule has 47 heavy (non-hydrogen) atoms. The monoisotopic (exact) mass is 627 g/mol. The molecular formula is C38H33N3O6. The summed E-state index contributed by atoms with van der Waals surface area (Å²) < 4.78 is 16.4. The van der Waals surface area contributed by atoms with E-state index in [1.54, 1.807) is 42.5 Å². The molecule has 9 nitrogen and oxygen atoms in total. The number of benzene rings is 5. The van der Waals surface area contributed by atoms with Crippen LogP contribution >= 0.6 is 0 Å². The molecule has 0 aromatic heterocycles. The van der Waals surface area contributed by atoms with Gasteiger partial charge in [0.1, 0.15) is 17.2 Å². The number of amides is 3. The van der Waals surface area contributed by atoms with Gasteiger partial charge in [-0.25, -0.2) is 14.4 Å². The fourth-order valence-electron chi connectivity index (χ4n) is 4.39. The first-order chi connectivity index (χ1) is 23.0. The second kappa shape index (κ2) is 16.6. The Labute approximate surface area is 272 Å². The maximum Gasteiger partial charge on any atom is 0.412 e. The van der Waals surface area contributed by atoms with Crippen molar-refractivity contribution in [3.8, 4) is 17.2 Å². The first-order valence-electron chi connectivity index (χ1n) is 14.9. The second-order valence-electron chi connectivity index (χ2n) is 10.3. The molecule has 236 valence electrons. The molecule has 0 bridgehead atoms. The van der Waals surface area contributed by atoms with Crippen LogP contribution in [0.3, 0.4) is 0 Å². The van der Waals surface area contributed by atoms with Crippen LogP contribution in [-0.2, 0) is 19.6 Å². The zero-order chi connectivity index (χ0) is 32.7. The molecule has 3 amide bonds. The molecule has 0 aliphatic carbocycles. The minimum atomic E-state index is -0.655. The number of carbonyl (C=O) groups excluding carboxylic acids is 3. The molecule has 9 heteroatoms. The van der Waals surface area contributed by atoms with Crippen molar-refractivity contribution in [2.24, 2.45) is 0 Å². The maximum absolute atomic E-state index is 12.6. The number of ether oxygens (including phenoxy) is 3. The normalized spacial score (nSPS) is 10.6. The fourth-order valence-corrected chi connectivity index (χ4v) is 4.39. The fraction of sp³-hybridized carbons (Fsp3) is 0.0789. The Morgan fingerprint density at radius 1 is 0.426 bits per heavy atom. The average molecular weight is 628 g/mol. The topological polar surface area (TPSA) is 115 Å². The van der Waals surface area contributed by atoms with Gasteiger partial charge in [0.05, 0.1) is 0 Å². The largest absolute Gasteiger partial charge is 0.412 e. The summed E-state index contributed by atoms with van der Waals surface area (Å²) in [5, 5.41) is 8.16. The van der Waals surface area contributed by atoms with E-state index in [1.807, 2.05) is 97.1 Å². The summed E-state index contributed by atoms with van der Waals surface area (Å²) in [4.78, 5) is 37.4. The minimum Gasteiger partial charge on any atom is -0.410 e. The third-order valence-electron chi connectivity index (χ3n) is 6.72. The van der Waals surface area contributed by atoms with Gasteiger partial charge in [-0.15, -0.1) is 0 Å². The Hall–Kier alpha value is -6.35. The maximum atomic E-state index is 12.6. The lowest BCUT2D eigenvalue weighted by Crippen LogP contribution is -2.27. The summed E-state index contributed by atoms with van der Waals surface area (Å²) in [6.07, 6.45) is 1.75. The lowest BCUT2D eigenvalue weighted by molar-refractivity contribution is 0.197. The molecule has 0 aliphatic rings. The van der Waals surface area contributed by atoms with Crippen molar-refractivity contribution in [1.29, 1.82) is 0 Å². The number of hydrogen-bond acceptors (Lipinski definition) is 6. The molecule has 5 aromatic carbocycles. The Kier molecular flexibility index (Phi) is 11.4. The highest BCUT2D eigenvalue weighted by Gasteiger charge is 2.11. The van der Waals surface area contributed by atoms with E-state index < -0.39 is 18.3 Å². The van der Waals surface area contributed by atoms with Crippen LogP contribution in [0.2, 0.25) is 0 Å². The Morgan fingerprint density at radius 2 is 0.787 bits per heavy atom. The quantitative estimate of drug-likeness (QED) is 0.129. The van der Waals surface area contributed by atoms with Gasteiger partial charge in [0, 0.05) is 25.7 Å². The van der Waals surface area contributed by atoms with Crippen molar-refractivity contribution < 1.29 is 28.6 Å². The van der Waals surface area contributed by atoms with Crippen LogP contribution in [0, 0.1) is 0 Å². The molecule has 0 fully saturated rings. The van der Waals surface area contributed by atoms with Crippen LogP contribution in [0.4, 0.5) is 14.4 Å². The highest BCUT2D eigenvalue weighted by molar-refractivity contribution is 5.76. The van der Waals surface area contributed by atoms with Crippen molar-refractivity contribution in [1.82, 2.24) is 16.0 Å². The van der Waals surface area contributed by atoms with E-state index in [9.17, 15) is 14.4 Å². The van der Waals surface area contributed by atoms with Crippen LogP contribution in [0.25, 0.3) is 12.2 Å². The van der Waals surface area contributed by atoms with Gasteiger partial charge in [-0.05, 0) is 52.1 Å². The molecule has 0 heterocycles. The van der Waals surface area contributed by atoms with E-state index >= 15 is 0 Å². The zero-order valence-corrected chi connectivity index (χ0v) is 25.4. The molecule has 0 unspecified atom stereocenters. The lowest BCUT2D eigenvalue weighted by atomic mass is 10.1. The summed E-state index contributed by atoms with van der Waals surface area (Å²) in [5.41, 5.74) is 4.24. The highest BCUT2D eigenvalue weighted by atomic mass is 16.6. The average Bonchev–Trinajstić information content (AvgIpc) is 3.10. The van der Waals surface area contributed by atoms with Gasteiger partial charge in [0.2, 0.25) is 0 Å². The van der Waals surface area contributed by atoms with Crippen molar-refractivity contribution in [2.45, 2.75) is 19.6 Å². The number of hydrogen-bond donors (Lipinski definition) is 3. The molecular weight excluding hydrogens is 594 g/mol. The van der Waals surface area contributed by atoms with E-state index in [1.165, 1.54) is 6.07 Å². The first-order valence-corrected chi connectivity index (χ1v) is 14.9. The molecule has 0 saturated carbocycles. The standard InChI is InChI=1S/C38H33N3O6/c42-36(39-25-29-10-4-1-5-11-29)45-33-20-18-28(19-21-33)16-17-32-22-34(46-37(43)40-26-30-12-6-2-7-13-30)24-35(23-32)47-38(44)41-27-31-14-8-3-9-15-31/h1-24H,25-27H2,(H,39,42)(H,40,43)(H,41,44)/b17-16+. The van der Waals surface area contributed by atoms with E-state index in [-0.39, 0.29) is 11.5 Å². The summed E-state index contributed by atoms with van der Waals surface area (Å²) in [7, 11) is 0. The first kappa shape index (κ1) is 32.1. The highest BCUT2D eigenvalue weighted by Crippen LogP contribution is 2.25. The van der Waals surface area contributed by atoms with Crippen LogP contribution in [-0.4, -0.2) is 18.3 Å². The summed E-state index contributed by atoms with van der Waals surface area (Å²) >= 11 is 0. The van der Waals surface area contributed by atoms with Gasteiger partial charge in [0.25, 0.3) is 0 Å². The van der Waals surface area contributed by atoms with Crippen molar-refractivity contribution in [2.75, 3.05) is 0 Å². The molecule has 5 rings (SSSR count). The van der Waals surface area contributed by atoms with E-state index in [0.29, 0.717) is 30.9 Å². The second-order valence-corrected chi connectivity index (χ2v) is 10.3. The minimum absolute atomic E-state index is 0.189. The predicted octanol–water partition coefficient (Wildman–Crippen LogP) is 7.72. The molecule has 5 aromatic rings. The molecule has 0 radical (unpaired) electrons. The van der Waals surface area contributed by atoms with E-state index in [2.05, 4.69) is 16.0 Å². The van der Waals surface area contributed by atoms with E-state index in [4.69, 9.17) is 14.2 Å². The van der Waals surface area contributed by atoms with Crippen molar-refractivity contribution >= 4 is 30.4 Å². The van der Waals surface area contributed by atoms with Crippen LogP contribution in [0.1, 0.15) is 27.8 Å². The summed E-state index contributed by atoms with van der Waals surface area (Å²) in [5.74, 6) is 0.768. The van der Waals surface area contributed by atoms with Crippen LogP contribution < -0.4 is 30.2 Å². The third-order valence-corrected chi connectivity index (χ3v) is 6.72. The van der Waals surface area contributed by atoms with Gasteiger partial charge in [-0.1, -0.05) is 115 Å². The molecule has 0 atom stereocenters. The Morgan fingerprint density at radius 3 is 1.19 bits per heavy atom. The Bertz CT molecular complexity index is 1720. The summed E-state index contributed by atoms with van der Waals surface area (Å²) in [6.45, 7) is 0.941. The number of nitrogens with one attached hydrogen (secondary N) is 3. The smallest absolute Gasteiger partial charge is 0.410 e. The van der Waals surface area contributed by atoms with Gasteiger partial charge in [0.15, 0.2) is 0 Å². The van der Waals surface area contributed by atoms with Crippen LogP contribution in [0.15, 0.2) is 133 Å². The van der Waals surface area contributed by atoms with Gasteiger partial charge < -0.3 is 30.2 Å². The zero-order valence-electron chi connectivity index (χ0n) is 25.4. The molecule has 3 N–H and O–H groups in total. The van der Waals surface area contributed by atoms with Gasteiger partial charge in [-0.2, -0.15) is 0 Å². The lowest BCUT2D eigenvalue weighted by Gasteiger charge is -2.11. The SMILES string of the molecule is O=C(NCc1ccccc1)Oc1ccc(/C=C/c2cc(OC(=O)NCc3ccccc3)cc(OC(=O)NCc3ccccc3)c2)cc1. The number of carbonyl (C=O) groups is 3. The molecule has 0 aliphatic heterocycles.